The number of nitro benzene ring substituents is 2. The molecule has 0 fully saturated rings. The highest BCUT2D eigenvalue weighted by atomic mass is 35.5. The maximum atomic E-state index is 13.0. The molecule has 1 amide bonds. The van der Waals surface area contributed by atoms with E-state index in [1.165, 1.54) is 47.5 Å². The summed E-state index contributed by atoms with van der Waals surface area (Å²) < 4.78 is 14.2. The normalized spacial score (nSPS) is 9.57. The van der Waals surface area contributed by atoms with Crippen LogP contribution < -0.4 is 25.6 Å². The minimum absolute atomic E-state index is 0. The summed E-state index contributed by atoms with van der Waals surface area (Å²) in [4.78, 5) is 75.8. The molecule has 4 aromatic rings. The van der Waals surface area contributed by atoms with Crippen LogP contribution in [0.25, 0.3) is 0 Å². The molecule has 2 aromatic carbocycles. The summed E-state index contributed by atoms with van der Waals surface area (Å²) in [6, 6.07) is 18.9. The number of benzene rings is 2. The van der Waals surface area contributed by atoms with E-state index in [0.717, 1.165) is 5.82 Å². The van der Waals surface area contributed by atoms with Crippen molar-refractivity contribution in [1.82, 2.24) is 9.97 Å². The molecule has 56 heavy (non-hydrogen) atoms. The van der Waals surface area contributed by atoms with E-state index in [2.05, 4.69) is 30.7 Å². The predicted octanol–water partition coefficient (Wildman–Crippen LogP) is 5.67. The maximum absolute atomic E-state index is 13.0. The zero-order chi connectivity index (χ0) is 40.6. The lowest BCUT2D eigenvalue weighted by Gasteiger charge is -2.21. The van der Waals surface area contributed by atoms with Crippen molar-refractivity contribution in [2.75, 3.05) is 61.2 Å². The molecule has 0 aliphatic rings. The molecule has 0 saturated heterocycles. The Kier molecular flexibility index (Phi) is 21.9. The number of rotatable bonds is 17. The lowest BCUT2D eigenvalue weighted by atomic mass is 10.1. The lowest BCUT2D eigenvalue weighted by molar-refractivity contribution is -0.384. The summed E-state index contributed by atoms with van der Waals surface area (Å²) >= 11 is 0. The van der Waals surface area contributed by atoms with Crippen LogP contribution in [0.3, 0.4) is 0 Å². The first-order valence-corrected chi connectivity index (χ1v) is 16.7. The summed E-state index contributed by atoms with van der Waals surface area (Å²) in [5.41, 5.74) is 0.442. The van der Waals surface area contributed by atoms with Crippen LogP contribution in [0, 0.1) is 20.2 Å². The molecule has 0 atom stereocenters. The van der Waals surface area contributed by atoms with Crippen molar-refractivity contribution in [3.8, 4) is 5.75 Å². The molecule has 0 bridgehead atoms. The van der Waals surface area contributed by atoms with E-state index in [1.54, 1.807) is 52.3 Å². The quantitative estimate of drug-likeness (QED) is 0.0504. The number of aromatic nitrogens is 2. The van der Waals surface area contributed by atoms with Gasteiger partial charge in [-0.05, 0) is 62.4 Å². The second kappa shape index (κ2) is 26.0. The van der Waals surface area contributed by atoms with E-state index < -0.39 is 21.7 Å². The van der Waals surface area contributed by atoms with Gasteiger partial charge in [0.05, 0.1) is 42.0 Å². The molecule has 0 aliphatic heterocycles. The van der Waals surface area contributed by atoms with Crippen LogP contribution in [-0.4, -0.2) is 84.5 Å². The molecule has 3 N–H and O–H groups in total. The molecule has 0 saturated carbocycles. The molecule has 0 spiro atoms. The number of pyridine rings is 2. The first-order valence-electron chi connectivity index (χ1n) is 16.7. The fraction of sp³-hybridized carbons (Fsp3) is 0.278. The predicted molar refractivity (Wildman–Crippen MR) is 210 cm³/mol. The zero-order valence-corrected chi connectivity index (χ0v) is 31.9. The standard InChI is InChI=1S/C18H20N4O5.C10H14N2O2.C8H8N2O4.ClH/c1-3-27-17(23)9-11-21(16-6-4-5-10-20-16)18(24)13-7-8-14(19-2)15(12-13)22(25)26;1-2-14-10(13)6-8-12-9-5-3-4-7-11-9;1-9-7-3-2-6(14-5-11)4-8(7)10(12)13;/h4-8,10,12,19H,3,9,11H2,1-2H3;3-5,7H,2,6,8H2,1H3,(H,11,12);2-5,9H,1H3;1H. The number of carbonyl (C=O) groups excluding carboxylic acids is 4. The number of nitrogens with zero attached hydrogens (tertiary/aromatic N) is 5. The van der Waals surface area contributed by atoms with Crippen LogP contribution in [0.15, 0.2) is 85.2 Å². The SMILES string of the molecule is CCOC(=O)CCN(C(=O)c1ccc(NC)c([N+](=O)[O-])c1)c1ccccn1.CCOC(=O)CCNc1ccccn1.CNc1ccc(OC=O)cc1[N+](=O)[O-].Cl. The lowest BCUT2D eigenvalue weighted by Crippen LogP contribution is -2.34. The number of nitro groups is 2. The Morgan fingerprint density at radius 3 is 1.88 bits per heavy atom. The van der Waals surface area contributed by atoms with E-state index in [4.69, 9.17) is 9.47 Å². The van der Waals surface area contributed by atoms with Gasteiger partial charge in [0.2, 0.25) is 0 Å². The Hall–Kier alpha value is -6.89. The molecule has 4 rings (SSSR count). The summed E-state index contributed by atoms with van der Waals surface area (Å²) in [5, 5.41) is 30.2. The minimum atomic E-state index is -0.563. The molecule has 0 radical (unpaired) electrons. The Balaban J connectivity index is 0.000000457. The number of carbonyl (C=O) groups is 4. The van der Waals surface area contributed by atoms with Crippen LogP contribution in [0.2, 0.25) is 0 Å². The highest BCUT2D eigenvalue weighted by Crippen LogP contribution is 2.28. The first kappa shape index (κ1) is 47.1. The number of hydrogen-bond donors (Lipinski definition) is 3. The number of anilines is 4. The van der Waals surface area contributed by atoms with E-state index in [1.807, 2.05) is 18.2 Å². The summed E-state index contributed by atoms with van der Waals surface area (Å²) in [6.07, 6.45) is 3.57. The van der Waals surface area contributed by atoms with Gasteiger partial charge in [0.1, 0.15) is 28.8 Å². The Labute approximate surface area is 328 Å². The van der Waals surface area contributed by atoms with Gasteiger partial charge in [0.25, 0.3) is 23.8 Å². The molecule has 19 nitrogen and oxygen atoms in total. The van der Waals surface area contributed by atoms with E-state index in [0.29, 0.717) is 36.8 Å². The third-order valence-corrected chi connectivity index (χ3v) is 6.95. The Morgan fingerprint density at radius 2 is 1.36 bits per heavy atom. The first-order chi connectivity index (χ1) is 26.5. The maximum Gasteiger partial charge on any atom is 0.307 e. The fourth-order valence-electron chi connectivity index (χ4n) is 4.45. The zero-order valence-electron chi connectivity index (χ0n) is 31.0. The molecule has 0 aliphatic carbocycles. The molecule has 0 unspecified atom stereocenters. The smallest absolute Gasteiger partial charge is 0.307 e. The van der Waals surface area contributed by atoms with Crippen molar-refractivity contribution in [3.63, 3.8) is 0 Å². The van der Waals surface area contributed by atoms with Crippen molar-refractivity contribution in [3.05, 3.63) is 111 Å². The van der Waals surface area contributed by atoms with Gasteiger partial charge >= 0.3 is 11.9 Å². The molecular formula is C36H43ClN8O11. The van der Waals surface area contributed by atoms with E-state index >= 15 is 0 Å². The number of esters is 2. The van der Waals surface area contributed by atoms with Gasteiger partial charge in [0.15, 0.2) is 0 Å². The van der Waals surface area contributed by atoms with Gasteiger partial charge in [-0.2, -0.15) is 0 Å². The molecule has 2 heterocycles. The summed E-state index contributed by atoms with van der Waals surface area (Å²) in [7, 11) is 3.13. The Morgan fingerprint density at radius 1 is 0.786 bits per heavy atom. The minimum Gasteiger partial charge on any atom is -0.466 e. The molecule has 300 valence electrons. The van der Waals surface area contributed by atoms with Crippen molar-refractivity contribution < 1.29 is 43.2 Å². The van der Waals surface area contributed by atoms with Gasteiger partial charge < -0.3 is 30.2 Å². The number of halogens is 1. The van der Waals surface area contributed by atoms with Crippen LogP contribution >= 0.6 is 12.4 Å². The second-order valence-corrected chi connectivity index (χ2v) is 10.5. The average Bonchev–Trinajstić information content (AvgIpc) is 3.19. The van der Waals surface area contributed by atoms with Crippen molar-refractivity contribution in [2.45, 2.75) is 26.7 Å². The van der Waals surface area contributed by atoms with Crippen LogP contribution in [-0.2, 0) is 23.9 Å². The summed E-state index contributed by atoms with van der Waals surface area (Å²) in [5.74, 6) is 0.136. The monoisotopic (exact) mass is 798 g/mol. The number of hydrogen-bond acceptors (Lipinski definition) is 16. The highest BCUT2D eigenvalue weighted by molar-refractivity contribution is 6.06. The van der Waals surface area contributed by atoms with Crippen LogP contribution in [0.5, 0.6) is 5.75 Å². The molecule has 2 aromatic heterocycles. The second-order valence-electron chi connectivity index (χ2n) is 10.5. The number of nitrogens with one attached hydrogen (secondary N) is 3. The third kappa shape index (κ3) is 16.0. The van der Waals surface area contributed by atoms with Crippen LogP contribution in [0.1, 0.15) is 37.0 Å². The van der Waals surface area contributed by atoms with E-state index in [9.17, 15) is 39.4 Å². The Bertz CT molecular complexity index is 1870. The molecular weight excluding hydrogens is 756 g/mol. The number of ether oxygens (including phenoxy) is 3. The van der Waals surface area contributed by atoms with Gasteiger partial charge in [-0.15, -0.1) is 12.4 Å². The van der Waals surface area contributed by atoms with E-state index in [-0.39, 0.29) is 67.1 Å². The van der Waals surface area contributed by atoms with Crippen LogP contribution in [0.4, 0.5) is 34.4 Å². The summed E-state index contributed by atoms with van der Waals surface area (Å²) in [6.45, 7) is 4.98. The molecule has 20 heteroatoms. The van der Waals surface area contributed by atoms with Crippen molar-refractivity contribution >= 4 is 71.1 Å². The largest absolute Gasteiger partial charge is 0.466 e. The van der Waals surface area contributed by atoms with Gasteiger partial charge in [0, 0.05) is 51.2 Å². The highest BCUT2D eigenvalue weighted by Gasteiger charge is 2.23. The van der Waals surface area contributed by atoms with Crippen molar-refractivity contribution in [1.29, 1.82) is 0 Å². The van der Waals surface area contributed by atoms with Gasteiger partial charge in [-0.1, -0.05) is 12.1 Å². The van der Waals surface area contributed by atoms with Crippen molar-refractivity contribution in [2.24, 2.45) is 0 Å². The fourth-order valence-corrected chi connectivity index (χ4v) is 4.45. The number of amides is 1. The third-order valence-electron chi connectivity index (χ3n) is 6.95. The average molecular weight is 799 g/mol. The van der Waals surface area contributed by atoms with Gasteiger partial charge in [-0.25, -0.2) is 9.97 Å². The van der Waals surface area contributed by atoms with Gasteiger partial charge in [-0.3, -0.25) is 44.3 Å². The topological polar surface area (TPSA) is 247 Å².